The topological polar surface area (TPSA) is 47.2 Å². The van der Waals surface area contributed by atoms with Crippen LogP contribution in [0.1, 0.15) is 21.5 Å². The first-order valence-corrected chi connectivity index (χ1v) is 13.9. The fourth-order valence-electron chi connectivity index (χ4n) is 5.68. The molecule has 0 amide bonds. The Morgan fingerprint density at radius 1 is 0.595 bits per heavy atom. The van der Waals surface area contributed by atoms with Crippen LogP contribution < -0.4 is 0 Å². The molecule has 42 heavy (non-hydrogen) atoms. The molecule has 0 fully saturated rings. The number of aromatic carboxylic acids is 1. The molecule has 0 aliphatic carbocycles. The number of halogens is 1. The Hall–Kier alpha value is -5.42. The molecule has 204 valence electrons. The number of benzene rings is 5. The van der Waals surface area contributed by atoms with E-state index < -0.39 is 5.97 Å². The van der Waals surface area contributed by atoms with Crippen LogP contribution in [0.3, 0.4) is 0 Å². The minimum Gasteiger partial charge on any atom is -0.478 e. The van der Waals surface area contributed by atoms with Crippen LogP contribution in [0.4, 0.5) is 4.39 Å². The minimum atomic E-state index is -0.920. The van der Waals surface area contributed by atoms with Crippen molar-refractivity contribution in [3.05, 3.63) is 156 Å². The van der Waals surface area contributed by atoms with Crippen molar-refractivity contribution in [2.24, 2.45) is 0 Å². The van der Waals surface area contributed by atoms with Crippen molar-refractivity contribution in [3.8, 4) is 22.3 Å². The number of aromatic nitrogens is 2. The summed E-state index contributed by atoms with van der Waals surface area (Å²) in [7, 11) is 0. The summed E-state index contributed by atoms with van der Waals surface area (Å²) in [6, 6.07) is 39.3. The summed E-state index contributed by atoms with van der Waals surface area (Å²) in [6.45, 7) is 1.30. The molecule has 5 heteroatoms. The second kappa shape index (κ2) is 10.5. The van der Waals surface area contributed by atoms with Gasteiger partial charge in [0.15, 0.2) is 0 Å². The maximum absolute atomic E-state index is 14.2. The van der Waals surface area contributed by atoms with Crippen LogP contribution in [-0.4, -0.2) is 20.2 Å². The maximum atomic E-state index is 14.2. The number of carboxylic acids is 1. The van der Waals surface area contributed by atoms with Crippen molar-refractivity contribution in [2.45, 2.75) is 13.1 Å². The van der Waals surface area contributed by atoms with Gasteiger partial charge in [-0.3, -0.25) is 0 Å². The lowest BCUT2D eigenvalue weighted by molar-refractivity contribution is 0.0696. The third kappa shape index (κ3) is 4.86. The summed E-state index contributed by atoms with van der Waals surface area (Å²) in [5, 5.41) is 11.7. The molecule has 4 nitrogen and oxygen atoms in total. The van der Waals surface area contributed by atoms with Crippen LogP contribution in [0.2, 0.25) is 0 Å². The zero-order valence-electron chi connectivity index (χ0n) is 22.7. The number of hydrogen-bond donors (Lipinski definition) is 1. The van der Waals surface area contributed by atoms with Gasteiger partial charge in [0.25, 0.3) is 0 Å². The monoisotopic (exact) mass is 550 g/mol. The highest BCUT2D eigenvalue weighted by atomic mass is 19.1. The number of carbonyl (C=O) groups is 1. The first-order valence-electron chi connectivity index (χ1n) is 13.9. The van der Waals surface area contributed by atoms with Gasteiger partial charge in [0.05, 0.1) is 5.56 Å². The molecule has 2 heterocycles. The number of carboxylic acid groups (broad SMARTS) is 1. The summed E-state index contributed by atoms with van der Waals surface area (Å²) < 4.78 is 18.6. The fourth-order valence-corrected chi connectivity index (χ4v) is 5.68. The van der Waals surface area contributed by atoms with Crippen molar-refractivity contribution in [1.82, 2.24) is 9.13 Å². The van der Waals surface area contributed by atoms with Crippen LogP contribution in [0.15, 0.2) is 134 Å². The van der Waals surface area contributed by atoms with Crippen molar-refractivity contribution in [2.75, 3.05) is 0 Å². The van der Waals surface area contributed by atoms with Gasteiger partial charge in [0.2, 0.25) is 0 Å². The largest absolute Gasteiger partial charge is 0.478 e. The summed E-state index contributed by atoms with van der Waals surface area (Å²) in [5.41, 5.74) is 8.34. The van der Waals surface area contributed by atoms with E-state index in [9.17, 15) is 14.3 Å². The third-order valence-electron chi connectivity index (χ3n) is 7.90. The average molecular weight is 551 g/mol. The quantitative estimate of drug-likeness (QED) is 0.215. The van der Waals surface area contributed by atoms with Gasteiger partial charge >= 0.3 is 5.97 Å². The van der Waals surface area contributed by atoms with Gasteiger partial charge < -0.3 is 14.2 Å². The molecule has 7 aromatic rings. The van der Waals surface area contributed by atoms with Gasteiger partial charge in [0, 0.05) is 42.1 Å². The molecular weight excluding hydrogens is 523 g/mol. The lowest BCUT2D eigenvalue weighted by Gasteiger charge is -2.10. The van der Waals surface area contributed by atoms with Crippen LogP contribution in [0.5, 0.6) is 0 Å². The normalized spacial score (nSPS) is 11.4. The molecule has 0 unspecified atom stereocenters. The molecule has 0 aliphatic rings. The first kappa shape index (κ1) is 25.5. The third-order valence-corrected chi connectivity index (χ3v) is 7.90. The summed E-state index contributed by atoms with van der Waals surface area (Å²) in [4.78, 5) is 11.4. The molecule has 0 atom stereocenters. The van der Waals surface area contributed by atoms with Crippen LogP contribution in [0, 0.1) is 5.82 Å². The Kier molecular flexibility index (Phi) is 6.40. The molecule has 0 saturated carbocycles. The smallest absolute Gasteiger partial charge is 0.335 e. The lowest BCUT2D eigenvalue weighted by atomic mass is 10.0. The Bertz CT molecular complexity index is 2090. The predicted octanol–water partition coefficient (Wildman–Crippen LogP) is 8.86. The molecule has 5 aromatic carbocycles. The molecular formula is C37H27FN2O2. The number of fused-ring (bicyclic) bond motifs is 2. The molecule has 2 aromatic heterocycles. The van der Waals surface area contributed by atoms with Gasteiger partial charge in [-0.05, 0) is 81.1 Å². The number of rotatable bonds is 7. The summed E-state index contributed by atoms with van der Waals surface area (Å²) in [6.07, 6.45) is 4.16. The van der Waals surface area contributed by atoms with Crippen LogP contribution >= 0.6 is 0 Å². The van der Waals surface area contributed by atoms with E-state index >= 15 is 0 Å². The molecule has 0 bridgehead atoms. The highest BCUT2D eigenvalue weighted by Crippen LogP contribution is 2.30. The highest BCUT2D eigenvalue weighted by Gasteiger charge is 2.10. The number of hydrogen-bond acceptors (Lipinski definition) is 1. The van der Waals surface area contributed by atoms with Crippen molar-refractivity contribution < 1.29 is 14.3 Å². The molecule has 0 saturated heterocycles. The zero-order chi connectivity index (χ0) is 28.6. The SMILES string of the molecule is O=C(O)c1cccc(Cn2ccc3ccc(-c4ccc5ccn(Cc6ccc(-c7ccccc7F)cc6)c5c4)cc32)c1. The van der Waals surface area contributed by atoms with Gasteiger partial charge in [-0.2, -0.15) is 0 Å². The Labute approximate surface area is 242 Å². The van der Waals surface area contributed by atoms with E-state index in [1.807, 2.05) is 30.5 Å². The molecule has 1 N–H and O–H groups in total. The fraction of sp³-hybridized carbons (Fsp3) is 0.0541. The molecule has 0 aliphatic heterocycles. The van der Waals surface area contributed by atoms with E-state index in [0.717, 1.165) is 44.2 Å². The van der Waals surface area contributed by atoms with Crippen LogP contribution in [-0.2, 0) is 13.1 Å². The van der Waals surface area contributed by atoms with Crippen LogP contribution in [0.25, 0.3) is 44.1 Å². The van der Waals surface area contributed by atoms with Crippen molar-refractivity contribution >= 4 is 27.8 Å². The Morgan fingerprint density at radius 3 is 1.81 bits per heavy atom. The number of nitrogens with zero attached hydrogens (tertiary/aromatic N) is 2. The first-order chi connectivity index (χ1) is 20.5. The van der Waals surface area contributed by atoms with E-state index in [0.29, 0.717) is 24.2 Å². The van der Waals surface area contributed by atoms with Crippen molar-refractivity contribution in [1.29, 1.82) is 0 Å². The van der Waals surface area contributed by atoms with E-state index in [-0.39, 0.29) is 5.82 Å². The van der Waals surface area contributed by atoms with E-state index in [2.05, 4.69) is 76.0 Å². The zero-order valence-corrected chi connectivity index (χ0v) is 22.7. The van der Waals surface area contributed by atoms with Crippen molar-refractivity contribution in [3.63, 3.8) is 0 Å². The van der Waals surface area contributed by atoms with Gasteiger partial charge in [-0.1, -0.05) is 78.9 Å². The predicted molar refractivity (Wildman–Crippen MR) is 166 cm³/mol. The average Bonchev–Trinajstić information content (AvgIpc) is 3.61. The van der Waals surface area contributed by atoms with E-state index in [1.165, 1.54) is 11.5 Å². The lowest BCUT2D eigenvalue weighted by Crippen LogP contribution is -2.01. The molecule has 0 spiro atoms. The second-order valence-electron chi connectivity index (χ2n) is 10.6. The van der Waals surface area contributed by atoms with Gasteiger partial charge in [-0.25, -0.2) is 9.18 Å². The molecule has 7 rings (SSSR count). The summed E-state index contributed by atoms with van der Waals surface area (Å²) in [5.74, 6) is -1.14. The maximum Gasteiger partial charge on any atom is 0.335 e. The van der Waals surface area contributed by atoms with Gasteiger partial charge in [0.1, 0.15) is 5.82 Å². The van der Waals surface area contributed by atoms with E-state index in [1.54, 1.807) is 30.3 Å². The molecule has 0 radical (unpaired) electrons. The highest BCUT2D eigenvalue weighted by molar-refractivity contribution is 5.90. The second-order valence-corrected chi connectivity index (χ2v) is 10.6. The summed E-state index contributed by atoms with van der Waals surface area (Å²) >= 11 is 0. The standard InChI is InChI=1S/C37H27FN2O2/c38-34-7-2-1-6-33(34)27-10-8-25(9-11-27)23-39-18-16-28-12-14-30(21-35(28)39)31-15-13-29-17-19-40(36(29)22-31)24-26-4-3-5-32(20-26)37(41)42/h1-22H,23-24H2,(H,41,42). The Balaban J connectivity index is 1.17. The van der Waals surface area contributed by atoms with Gasteiger partial charge in [-0.15, -0.1) is 0 Å². The van der Waals surface area contributed by atoms with E-state index in [4.69, 9.17) is 0 Å². The Morgan fingerprint density at radius 2 is 1.19 bits per heavy atom. The minimum absolute atomic E-state index is 0.216.